The molecule has 0 heterocycles. The van der Waals surface area contributed by atoms with Gasteiger partial charge in [0.15, 0.2) is 6.10 Å². The molecule has 116 valence electrons. The molecule has 0 aliphatic heterocycles. The number of rotatable bonds is 4. The molecule has 1 atom stereocenters. The van der Waals surface area contributed by atoms with Gasteiger partial charge in [-0.05, 0) is 59.9 Å². The molecule has 1 aromatic carbocycles. The van der Waals surface area contributed by atoms with Crippen LogP contribution >= 0.6 is 11.6 Å². The summed E-state index contributed by atoms with van der Waals surface area (Å²) in [6.07, 6.45) is 4.34. The lowest BCUT2D eigenvalue weighted by atomic mass is 9.84. The minimum atomic E-state index is -0.604. The predicted molar refractivity (Wildman–Crippen MR) is 87.3 cm³/mol. The van der Waals surface area contributed by atoms with Crippen molar-refractivity contribution in [1.82, 2.24) is 0 Å². The van der Waals surface area contributed by atoms with Gasteiger partial charge in [0.1, 0.15) is 5.75 Å². The third kappa shape index (κ3) is 4.00. The third-order valence-electron chi connectivity index (χ3n) is 4.29. The molecule has 0 saturated heterocycles. The van der Waals surface area contributed by atoms with Crippen LogP contribution in [0.1, 0.15) is 70.4 Å². The lowest BCUT2D eigenvalue weighted by molar-refractivity contribution is -0.117. The Morgan fingerprint density at radius 1 is 1.29 bits per heavy atom. The fourth-order valence-electron chi connectivity index (χ4n) is 2.91. The minimum Gasteiger partial charge on any atom is -0.481 e. The van der Waals surface area contributed by atoms with Crippen molar-refractivity contribution in [1.29, 1.82) is 0 Å². The first-order valence-corrected chi connectivity index (χ1v) is 8.17. The molecule has 0 amide bonds. The van der Waals surface area contributed by atoms with Crippen molar-refractivity contribution < 1.29 is 9.53 Å². The molecule has 0 spiro atoms. The lowest BCUT2D eigenvalue weighted by Gasteiger charge is -2.24. The molecule has 1 aliphatic rings. The Morgan fingerprint density at radius 2 is 1.90 bits per heavy atom. The molecule has 1 unspecified atom stereocenters. The summed E-state index contributed by atoms with van der Waals surface area (Å²) in [7, 11) is 0. The second-order valence-electron chi connectivity index (χ2n) is 7.05. The molecular weight excluding hydrogens is 284 g/mol. The van der Waals surface area contributed by atoms with Gasteiger partial charge in [0.05, 0.1) is 0 Å². The molecule has 1 aromatic rings. The molecule has 1 aliphatic carbocycles. The summed E-state index contributed by atoms with van der Waals surface area (Å²) in [6, 6.07) is 6.36. The maximum Gasteiger partial charge on any atom is 0.262 e. The Bertz CT molecular complexity index is 510. The van der Waals surface area contributed by atoms with Crippen molar-refractivity contribution in [2.24, 2.45) is 0 Å². The molecule has 0 aromatic heterocycles. The minimum absolute atomic E-state index is 0.111. The lowest BCUT2D eigenvalue weighted by Crippen LogP contribution is -2.20. The van der Waals surface area contributed by atoms with E-state index in [9.17, 15) is 4.79 Å². The van der Waals surface area contributed by atoms with Crippen molar-refractivity contribution in [2.75, 3.05) is 0 Å². The molecule has 2 rings (SSSR count). The molecule has 1 fully saturated rings. The maximum atomic E-state index is 11.2. The molecule has 0 N–H and O–H groups in total. The molecule has 3 heteroatoms. The van der Waals surface area contributed by atoms with E-state index >= 15 is 0 Å². The fraction of sp³-hybridized carbons (Fsp3) is 0.611. The Balaban J connectivity index is 2.36. The molecule has 21 heavy (non-hydrogen) atoms. The van der Waals surface area contributed by atoms with Gasteiger partial charge < -0.3 is 4.74 Å². The summed E-state index contributed by atoms with van der Waals surface area (Å²) in [4.78, 5) is 11.2. The van der Waals surface area contributed by atoms with Crippen molar-refractivity contribution in [2.45, 2.75) is 70.8 Å². The third-order valence-corrected chi connectivity index (χ3v) is 4.60. The number of hydrogen-bond acceptors (Lipinski definition) is 2. The summed E-state index contributed by atoms with van der Waals surface area (Å²) >= 11 is 5.53. The van der Waals surface area contributed by atoms with Gasteiger partial charge in [-0.15, -0.1) is 0 Å². The van der Waals surface area contributed by atoms with E-state index in [1.54, 1.807) is 6.92 Å². The van der Waals surface area contributed by atoms with E-state index in [2.05, 4.69) is 32.9 Å². The van der Waals surface area contributed by atoms with Gasteiger partial charge in [-0.2, -0.15) is 0 Å². The van der Waals surface area contributed by atoms with Crippen LogP contribution in [0.4, 0.5) is 0 Å². The Morgan fingerprint density at radius 3 is 2.43 bits per heavy atom. The van der Waals surface area contributed by atoms with E-state index in [0.29, 0.717) is 5.92 Å². The zero-order valence-corrected chi connectivity index (χ0v) is 14.2. The first-order valence-electron chi connectivity index (χ1n) is 7.79. The summed E-state index contributed by atoms with van der Waals surface area (Å²) in [5.74, 6) is 1.36. The fourth-order valence-corrected chi connectivity index (χ4v) is 2.96. The number of carbonyl (C=O) groups is 1. The molecular formula is C18H25ClO2. The summed E-state index contributed by atoms with van der Waals surface area (Å²) in [5, 5.41) is -0.452. The van der Waals surface area contributed by atoms with Crippen LogP contribution in [0.5, 0.6) is 5.75 Å². The van der Waals surface area contributed by atoms with Crippen LogP contribution in [-0.2, 0) is 10.2 Å². The smallest absolute Gasteiger partial charge is 0.262 e. The van der Waals surface area contributed by atoms with Crippen LogP contribution in [0.3, 0.4) is 0 Å². The predicted octanol–water partition coefficient (Wildman–Crippen LogP) is 5.17. The van der Waals surface area contributed by atoms with Gasteiger partial charge in [0.25, 0.3) is 5.24 Å². The van der Waals surface area contributed by atoms with Gasteiger partial charge in [-0.3, -0.25) is 4.79 Å². The highest BCUT2D eigenvalue weighted by Gasteiger charge is 2.25. The first kappa shape index (κ1) is 16.4. The average molecular weight is 309 g/mol. The second-order valence-corrected chi connectivity index (χ2v) is 7.42. The largest absolute Gasteiger partial charge is 0.481 e. The van der Waals surface area contributed by atoms with E-state index in [1.807, 2.05) is 6.07 Å². The Hall–Kier alpha value is -1.02. The monoisotopic (exact) mass is 308 g/mol. The van der Waals surface area contributed by atoms with Crippen molar-refractivity contribution in [3.05, 3.63) is 29.3 Å². The topological polar surface area (TPSA) is 26.3 Å². The second kappa shape index (κ2) is 6.39. The summed E-state index contributed by atoms with van der Waals surface area (Å²) in [6.45, 7) is 8.34. The van der Waals surface area contributed by atoms with Crippen molar-refractivity contribution >= 4 is 16.8 Å². The van der Waals surface area contributed by atoms with Crippen LogP contribution in [0.15, 0.2) is 18.2 Å². The van der Waals surface area contributed by atoms with Crippen molar-refractivity contribution in [3.8, 4) is 5.75 Å². The van der Waals surface area contributed by atoms with Gasteiger partial charge in [-0.1, -0.05) is 45.7 Å². The number of ether oxygens (including phenoxy) is 1. The van der Waals surface area contributed by atoms with Crippen molar-refractivity contribution in [3.63, 3.8) is 0 Å². The highest BCUT2D eigenvalue weighted by atomic mass is 35.5. The van der Waals surface area contributed by atoms with Gasteiger partial charge in [-0.25, -0.2) is 0 Å². The molecule has 0 bridgehead atoms. The zero-order valence-electron chi connectivity index (χ0n) is 13.4. The molecule has 2 nitrogen and oxygen atoms in total. The molecule has 1 saturated carbocycles. The van der Waals surface area contributed by atoms with Crippen LogP contribution in [0, 0.1) is 0 Å². The molecule has 0 radical (unpaired) electrons. The highest BCUT2D eigenvalue weighted by Crippen LogP contribution is 2.41. The van der Waals surface area contributed by atoms with Crippen LogP contribution in [0.25, 0.3) is 0 Å². The van der Waals surface area contributed by atoms with E-state index in [1.165, 1.54) is 36.8 Å². The quantitative estimate of drug-likeness (QED) is 0.717. The Labute approximate surface area is 132 Å². The van der Waals surface area contributed by atoms with Gasteiger partial charge in [0, 0.05) is 0 Å². The number of halogens is 1. The standard InChI is InChI=1S/C18H25ClO2/c1-12(17(19)20)21-16-10-9-14(18(2,3)4)11-15(16)13-7-5-6-8-13/h9-13H,5-8H2,1-4H3. The number of hydrogen-bond donors (Lipinski definition) is 0. The summed E-state index contributed by atoms with van der Waals surface area (Å²) < 4.78 is 5.81. The van der Waals surface area contributed by atoms with E-state index in [0.717, 1.165) is 5.75 Å². The highest BCUT2D eigenvalue weighted by molar-refractivity contribution is 6.64. The zero-order chi connectivity index (χ0) is 15.6. The number of carbonyl (C=O) groups excluding carboxylic acids is 1. The SMILES string of the molecule is CC(Oc1ccc(C(C)(C)C)cc1C1CCCC1)C(=O)Cl. The first-order chi connectivity index (χ1) is 9.79. The summed E-state index contributed by atoms with van der Waals surface area (Å²) in [5.41, 5.74) is 2.66. The Kier molecular flexibility index (Phi) is 4.98. The average Bonchev–Trinajstić information content (AvgIpc) is 2.91. The van der Waals surface area contributed by atoms with Crippen LogP contribution in [-0.4, -0.2) is 11.3 Å². The van der Waals surface area contributed by atoms with Crippen LogP contribution < -0.4 is 4.74 Å². The maximum absolute atomic E-state index is 11.2. The van der Waals surface area contributed by atoms with E-state index in [4.69, 9.17) is 16.3 Å². The van der Waals surface area contributed by atoms with Gasteiger partial charge in [0.2, 0.25) is 0 Å². The number of benzene rings is 1. The van der Waals surface area contributed by atoms with E-state index < -0.39 is 11.3 Å². The normalized spacial score (nSPS) is 17.8. The van der Waals surface area contributed by atoms with Gasteiger partial charge >= 0.3 is 0 Å². The van der Waals surface area contributed by atoms with Crippen LogP contribution in [0.2, 0.25) is 0 Å². The van der Waals surface area contributed by atoms with E-state index in [-0.39, 0.29) is 5.41 Å².